The molecule has 6 nitrogen and oxygen atoms in total. The van der Waals surface area contributed by atoms with E-state index in [1.54, 1.807) is 12.1 Å². The van der Waals surface area contributed by atoms with E-state index in [2.05, 4.69) is 16.5 Å². The van der Waals surface area contributed by atoms with Crippen LogP contribution in [0.25, 0.3) is 0 Å². The number of non-ortho nitro benzene ring substituents is 1. The van der Waals surface area contributed by atoms with Gasteiger partial charge >= 0.3 is 0 Å². The molecular weight excluding hydrogens is 268 g/mol. The van der Waals surface area contributed by atoms with Gasteiger partial charge in [0.15, 0.2) is 0 Å². The minimum absolute atomic E-state index is 0.126. The van der Waals surface area contributed by atoms with Gasteiger partial charge in [-0.3, -0.25) is 14.8 Å². The van der Waals surface area contributed by atoms with Crippen LogP contribution in [0.2, 0.25) is 0 Å². The molecule has 0 aliphatic carbocycles. The molecule has 0 aliphatic heterocycles. The summed E-state index contributed by atoms with van der Waals surface area (Å²) in [6, 6.07) is 6.93. The zero-order valence-electron chi connectivity index (χ0n) is 12.6. The summed E-state index contributed by atoms with van der Waals surface area (Å²) < 4.78 is 2.00. The maximum atomic E-state index is 10.7. The number of rotatable bonds is 6. The molecule has 0 saturated carbocycles. The topological polar surface area (TPSA) is 73.0 Å². The third-order valence-electron chi connectivity index (χ3n) is 3.39. The Morgan fingerprint density at radius 1 is 1.29 bits per heavy atom. The number of anilines is 1. The second-order valence-electron chi connectivity index (χ2n) is 5.19. The average molecular weight is 288 g/mol. The molecule has 0 amide bonds. The van der Waals surface area contributed by atoms with Crippen LogP contribution in [-0.4, -0.2) is 21.2 Å². The first-order valence-electron chi connectivity index (χ1n) is 6.97. The predicted octanol–water partition coefficient (Wildman–Crippen LogP) is 3.22. The van der Waals surface area contributed by atoms with Crippen molar-refractivity contribution in [3.8, 4) is 0 Å². The molecule has 1 aromatic heterocycles. The van der Waals surface area contributed by atoms with Gasteiger partial charge in [0, 0.05) is 36.6 Å². The highest BCUT2D eigenvalue weighted by Gasteiger charge is 2.07. The molecule has 0 atom stereocenters. The summed E-state index contributed by atoms with van der Waals surface area (Å²) in [5, 5.41) is 18.4. The zero-order chi connectivity index (χ0) is 15.4. The molecule has 0 fully saturated rings. The lowest BCUT2D eigenvalue weighted by molar-refractivity contribution is -0.384. The molecule has 0 unspecified atom stereocenters. The van der Waals surface area contributed by atoms with Crippen LogP contribution in [0.5, 0.6) is 0 Å². The Hall–Kier alpha value is -2.37. The van der Waals surface area contributed by atoms with E-state index in [0.29, 0.717) is 0 Å². The van der Waals surface area contributed by atoms with E-state index in [4.69, 9.17) is 0 Å². The van der Waals surface area contributed by atoms with E-state index in [0.717, 1.165) is 36.5 Å². The normalized spacial score (nSPS) is 10.6. The molecule has 0 spiro atoms. The van der Waals surface area contributed by atoms with E-state index in [1.807, 2.05) is 25.5 Å². The predicted molar refractivity (Wildman–Crippen MR) is 82.6 cm³/mol. The van der Waals surface area contributed by atoms with Gasteiger partial charge in [-0.25, -0.2) is 0 Å². The Balaban J connectivity index is 1.86. The molecule has 1 N–H and O–H groups in total. The summed E-state index contributed by atoms with van der Waals surface area (Å²) in [5.74, 6) is 0. The Bertz CT molecular complexity index is 649. The third kappa shape index (κ3) is 3.81. The van der Waals surface area contributed by atoms with Gasteiger partial charge in [0.2, 0.25) is 0 Å². The van der Waals surface area contributed by atoms with E-state index in [9.17, 15) is 10.1 Å². The summed E-state index contributed by atoms with van der Waals surface area (Å²) in [6.45, 7) is 7.57. The van der Waals surface area contributed by atoms with Crippen molar-refractivity contribution in [2.24, 2.45) is 0 Å². The smallest absolute Gasteiger partial charge is 0.269 e. The Kier molecular flexibility index (Phi) is 4.57. The molecule has 0 bridgehead atoms. The number of aromatic nitrogens is 2. The SMILES string of the molecule is Cc1cc(C)n(CCCNc2ccc([N+](=O)[O-])cc2C)n1. The van der Waals surface area contributed by atoms with Gasteiger partial charge < -0.3 is 5.32 Å². The highest BCUT2D eigenvalue weighted by molar-refractivity contribution is 5.55. The van der Waals surface area contributed by atoms with Crippen LogP contribution in [0, 0.1) is 30.9 Å². The summed E-state index contributed by atoms with van der Waals surface area (Å²) >= 11 is 0. The molecule has 0 radical (unpaired) electrons. The van der Waals surface area contributed by atoms with Crippen molar-refractivity contribution >= 4 is 11.4 Å². The van der Waals surface area contributed by atoms with Gasteiger partial charge in [-0.15, -0.1) is 0 Å². The largest absolute Gasteiger partial charge is 0.385 e. The van der Waals surface area contributed by atoms with Crippen molar-refractivity contribution in [3.63, 3.8) is 0 Å². The Morgan fingerprint density at radius 3 is 2.62 bits per heavy atom. The molecule has 0 aliphatic rings. The number of aryl methyl sites for hydroxylation is 4. The van der Waals surface area contributed by atoms with E-state index >= 15 is 0 Å². The fourth-order valence-corrected chi connectivity index (χ4v) is 2.31. The van der Waals surface area contributed by atoms with Gasteiger partial charge in [0.25, 0.3) is 5.69 Å². The van der Waals surface area contributed by atoms with Crippen LogP contribution in [-0.2, 0) is 6.54 Å². The lowest BCUT2D eigenvalue weighted by atomic mass is 10.2. The standard InChI is InChI=1S/C15H20N4O2/c1-11-9-14(19(20)21)5-6-15(11)16-7-4-8-18-13(3)10-12(2)17-18/h5-6,9-10,16H,4,7-8H2,1-3H3. The van der Waals surface area contributed by atoms with Crippen LogP contribution >= 0.6 is 0 Å². The maximum Gasteiger partial charge on any atom is 0.269 e. The molecule has 112 valence electrons. The van der Waals surface area contributed by atoms with Crippen LogP contribution in [0.3, 0.4) is 0 Å². The van der Waals surface area contributed by atoms with Gasteiger partial charge in [-0.2, -0.15) is 5.10 Å². The summed E-state index contributed by atoms with van der Waals surface area (Å²) in [6.07, 6.45) is 0.943. The molecule has 1 aromatic carbocycles. The van der Waals surface area contributed by atoms with E-state index in [-0.39, 0.29) is 10.6 Å². The quantitative estimate of drug-likeness (QED) is 0.503. The monoisotopic (exact) mass is 288 g/mol. The van der Waals surface area contributed by atoms with E-state index in [1.165, 1.54) is 11.8 Å². The lowest BCUT2D eigenvalue weighted by Gasteiger charge is -2.10. The fraction of sp³-hybridized carbons (Fsp3) is 0.400. The molecule has 2 aromatic rings. The number of benzene rings is 1. The van der Waals surface area contributed by atoms with Gasteiger partial charge in [-0.05, 0) is 44.9 Å². The van der Waals surface area contributed by atoms with Crippen molar-refractivity contribution < 1.29 is 4.92 Å². The van der Waals surface area contributed by atoms with Crippen LogP contribution < -0.4 is 5.32 Å². The minimum atomic E-state index is -0.375. The molecule has 6 heteroatoms. The molecule has 0 saturated heterocycles. The first kappa shape index (κ1) is 15.0. The summed E-state index contributed by atoms with van der Waals surface area (Å²) in [7, 11) is 0. The highest BCUT2D eigenvalue weighted by Crippen LogP contribution is 2.21. The molecule has 1 heterocycles. The number of hydrogen-bond acceptors (Lipinski definition) is 4. The molecular formula is C15H20N4O2. The third-order valence-corrected chi connectivity index (χ3v) is 3.39. The summed E-state index contributed by atoms with van der Waals surface area (Å²) in [5.41, 5.74) is 4.15. The van der Waals surface area contributed by atoms with Gasteiger partial charge in [0.05, 0.1) is 10.6 Å². The van der Waals surface area contributed by atoms with Crippen molar-refractivity contribution in [2.75, 3.05) is 11.9 Å². The number of nitro groups is 1. The van der Waals surface area contributed by atoms with Crippen molar-refractivity contribution in [1.29, 1.82) is 0 Å². The fourth-order valence-electron chi connectivity index (χ4n) is 2.31. The second-order valence-corrected chi connectivity index (χ2v) is 5.19. The minimum Gasteiger partial charge on any atom is -0.385 e. The number of nitro benzene ring substituents is 1. The second kappa shape index (κ2) is 6.39. The molecule has 21 heavy (non-hydrogen) atoms. The maximum absolute atomic E-state index is 10.7. The van der Waals surface area contributed by atoms with Crippen LogP contribution in [0.4, 0.5) is 11.4 Å². The highest BCUT2D eigenvalue weighted by atomic mass is 16.6. The van der Waals surface area contributed by atoms with Gasteiger partial charge in [0.1, 0.15) is 0 Å². The van der Waals surface area contributed by atoms with Crippen LogP contribution in [0.15, 0.2) is 24.3 Å². The average Bonchev–Trinajstić information content (AvgIpc) is 2.74. The first-order chi connectivity index (χ1) is 9.97. The van der Waals surface area contributed by atoms with E-state index < -0.39 is 0 Å². The lowest BCUT2D eigenvalue weighted by Crippen LogP contribution is -2.09. The number of nitrogens with zero attached hydrogens (tertiary/aromatic N) is 3. The number of nitrogens with one attached hydrogen (secondary N) is 1. The summed E-state index contributed by atoms with van der Waals surface area (Å²) in [4.78, 5) is 10.3. The first-order valence-corrected chi connectivity index (χ1v) is 6.97. The number of hydrogen-bond donors (Lipinski definition) is 1. The van der Waals surface area contributed by atoms with Crippen molar-refractivity contribution in [1.82, 2.24) is 9.78 Å². The Labute approximate surface area is 123 Å². The Morgan fingerprint density at radius 2 is 2.05 bits per heavy atom. The van der Waals surface area contributed by atoms with Gasteiger partial charge in [-0.1, -0.05) is 0 Å². The zero-order valence-corrected chi connectivity index (χ0v) is 12.6. The van der Waals surface area contributed by atoms with Crippen molar-refractivity contribution in [3.05, 3.63) is 51.3 Å². The van der Waals surface area contributed by atoms with Crippen LogP contribution in [0.1, 0.15) is 23.4 Å². The molecule has 2 rings (SSSR count). The van der Waals surface area contributed by atoms with Crippen molar-refractivity contribution in [2.45, 2.75) is 33.7 Å².